The smallest absolute Gasteiger partial charge is 0.323 e. The summed E-state index contributed by atoms with van der Waals surface area (Å²) in [6.07, 6.45) is 6.28. The van der Waals surface area contributed by atoms with E-state index < -0.39 is 39.9 Å². The first-order valence-electron chi connectivity index (χ1n) is 19.6. The highest BCUT2D eigenvalue weighted by Crippen LogP contribution is 2.26. The number of rotatable bonds is 25. The van der Waals surface area contributed by atoms with Crippen molar-refractivity contribution < 1.29 is 47.3 Å². The van der Waals surface area contributed by atoms with Gasteiger partial charge < -0.3 is 51.1 Å². The van der Waals surface area contributed by atoms with Gasteiger partial charge in [0.1, 0.15) is 17.4 Å². The number of anilines is 1. The Kier molecular flexibility index (Phi) is 17.8. The van der Waals surface area contributed by atoms with Crippen LogP contribution in [0.5, 0.6) is 5.75 Å². The highest BCUT2D eigenvalue weighted by molar-refractivity contribution is 7.89. The van der Waals surface area contributed by atoms with E-state index in [-0.39, 0.29) is 90.3 Å². The molecule has 20 nitrogen and oxygen atoms in total. The normalized spacial score (nSPS) is 11.7. The number of aryl methyl sites for hydroxylation is 3. The molecular formula is C40H53N9O11S. The van der Waals surface area contributed by atoms with E-state index in [0.717, 1.165) is 5.56 Å². The standard InChI is InChI=1S/C40H53N9O11S/c1-25-19-28(60-18-5-9-35(53)43-14-13-42-34(52)8-4-7-33(51)41-12-6-17-50)20-26(2)37(25)61(58,59)48-31(39(56)57)23-46-38(55)30-24-49(3)32-21-27(10-11-29(32)36(30)54)22-47-40-44-15-16-45-40/h10-11,15-16,19-21,24,31,48,50H,4-9,12-14,17-18,22-23H2,1-3H3,(H,41,51)(H,42,52)(H,43,53)(H,46,55)(H,56,57)(H2,44,45,47)/t31-/m0/s1. The topological polar surface area (TPSA) is 292 Å². The third-order valence-corrected chi connectivity index (χ3v) is 11.0. The number of hydrogen-bond donors (Lipinski definition) is 9. The number of imidazole rings is 1. The zero-order valence-corrected chi connectivity index (χ0v) is 35.1. The van der Waals surface area contributed by atoms with Gasteiger partial charge in [-0.25, -0.2) is 13.4 Å². The quantitative estimate of drug-likeness (QED) is 0.0416. The molecule has 2 aromatic carbocycles. The number of nitrogens with one attached hydrogen (secondary N) is 7. The number of carbonyl (C=O) groups excluding carboxylic acids is 4. The summed E-state index contributed by atoms with van der Waals surface area (Å²) in [5.74, 6) is -2.21. The lowest BCUT2D eigenvalue weighted by Gasteiger charge is -2.19. The molecular weight excluding hydrogens is 815 g/mol. The maximum absolute atomic E-state index is 13.5. The van der Waals surface area contributed by atoms with Crippen LogP contribution >= 0.6 is 0 Å². The van der Waals surface area contributed by atoms with Crippen LogP contribution in [0.4, 0.5) is 5.95 Å². The maximum Gasteiger partial charge on any atom is 0.323 e. The van der Waals surface area contributed by atoms with Gasteiger partial charge in [0.05, 0.1) is 17.0 Å². The van der Waals surface area contributed by atoms with Crippen LogP contribution in [0.1, 0.15) is 65.6 Å². The Morgan fingerprint density at radius 2 is 1.52 bits per heavy atom. The van der Waals surface area contributed by atoms with Crippen LogP contribution in [0.15, 0.2) is 58.6 Å². The third kappa shape index (κ3) is 14.4. The first-order valence-corrected chi connectivity index (χ1v) is 21.1. The van der Waals surface area contributed by atoms with Gasteiger partial charge in [-0.1, -0.05) is 6.07 Å². The molecule has 4 aromatic rings. The van der Waals surface area contributed by atoms with Crippen LogP contribution in [0, 0.1) is 13.8 Å². The molecule has 0 aliphatic carbocycles. The van der Waals surface area contributed by atoms with E-state index in [4.69, 9.17) is 9.84 Å². The van der Waals surface area contributed by atoms with Gasteiger partial charge in [-0.05, 0) is 74.1 Å². The van der Waals surface area contributed by atoms with Crippen LogP contribution in [0.25, 0.3) is 10.9 Å². The molecule has 1 atom stereocenters. The molecule has 4 amide bonds. The summed E-state index contributed by atoms with van der Waals surface area (Å²) >= 11 is 0. The lowest BCUT2D eigenvalue weighted by atomic mass is 10.1. The molecule has 0 radical (unpaired) electrons. The fraction of sp³-hybridized carbons (Fsp3) is 0.425. The van der Waals surface area contributed by atoms with Crippen molar-refractivity contribution in [3.05, 3.63) is 81.4 Å². The van der Waals surface area contributed by atoms with Crippen molar-refractivity contribution in [2.75, 3.05) is 44.7 Å². The van der Waals surface area contributed by atoms with Gasteiger partial charge in [-0.15, -0.1) is 0 Å². The van der Waals surface area contributed by atoms with Gasteiger partial charge >= 0.3 is 5.97 Å². The molecule has 21 heteroatoms. The Hall–Kier alpha value is -6.32. The number of amides is 4. The number of aliphatic hydroxyl groups excluding tert-OH is 1. The highest BCUT2D eigenvalue weighted by Gasteiger charge is 2.29. The average Bonchev–Trinajstić information content (AvgIpc) is 3.74. The highest BCUT2D eigenvalue weighted by atomic mass is 32.2. The van der Waals surface area contributed by atoms with Gasteiger partial charge in [0.2, 0.25) is 33.2 Å². The third-order valence-electron chi connectivity index (χ3n) is 9.27. The second-order valence-corrected chi connectivity index (χ2v) is 15.8. The molecule has 0 saturated carbocycles. The minimum Gasteiger partial charge on any atom is -0.494 e. The Morgan fingerprint density at radius 3 is 2.13 bits per heavy atom. The van der Waals surface area contributed by atoms with Crippen LogP contribution in [-0.2, 0) is 42.8 Å². The van der Waals surface area contributed by atoms with Crippen molar-refractivity contribution in [2.24, 2.45) is 7.05 Å². The van der Waals surface area contributed by atoms with Gasteiger partial charge in [-0.3, -0.25) is 28.8 Å². The first-order chi connectivity index (χ1) is 29.1. The molecule has 0 aliphatic heterocycles. The number of aromatic amines is 1. The largest absolute Gasteiger partial charge is 0.494 e. The number of ether oxygens (including phenoxy) is 1. The lowest BCUT2D eigenvalue weighted by molar-refractivity contribution is -0.138. The number of aromatic nitrogens is 3. The van der Waals surface area contributed by atoms with Crippen LogP contribution in [0.2, 0.25) is 0 Å². The number of pyridine rings is 1. The molecule has 330 valence electrons. The Balaban J connectivity index is 1.23. The van der Waals surface area contributed by atoms with E-state index >= 15 is 0 Å². The van der Waals surface area contributed by atoms with Crippen molar-refractivity contribution in [3.8, 4) is 5.75 Å². The number of carboxylic acids is 1. The lowest BCUT2D eigenvalue weighted by Crippen LogP contribution is -2.49. The SMILES string of the molecule is Cc1cc(OCCCC(=O)NCCNC(=O)CCCC(=O)NCCCO)cc(C)c1S(=O)(=O)N[C@@H](CNC(=O)c1cn(C)c2cc(CNc3ncc[nH]3)ccc2c1=O)C(=O)O. The maximum atomic E-state index is 13.5. The van der Waals surface area contributed by atoms with Crippen molar-refractivity contribution >= 4 is 56.5 Å². The minimum absolute atomic E-state index is 0.0119. The van der Waals surface area contributed by atoms with Crippen molar-refractivity contribution in [3.63, 3.8) is 0 Å². The van der Waals surface area contributed by atoms with E-state index in [1.165, 1.54) is 32.2 Å². The summed E-state index contributed by atoms with van der Waals surface area (Å²) < 4.78 is 36.5. The van der Waals surface area contributed by atoms with E-state index in [0.29, 0.717) is 49.6 Å². The van der Waals surface area contributed by atoms with E-state index in [1.807, 2.05) is 0 Å². The molecule has 0 unspecified atom stereocenters. The van der Waals surface area contributed by atoms with E-state index in [2.05, 4.69) is 41.3 Å². The number of aliphatic hydroxyl groups is 1. The van der Waals surface area contributed by atoms with Gasteiger partial charge in [0.25, 0.3) is 5.91 Å². The Morgan fingerprint density at radius 1 is 0.885 bits per heavy atom. The summed E-state index contributed by atoms with van der Waals surface area (Å²) in [4.78, 5) is 81.4. The zero-order valence-electron chi connectivity index (χ0n) is 34.3. The molecule has 0 saturated heterocycles. The molecule has 0 aliphatic rings. The number of fused-ring (bicyclic) bond motifs is 1. The van der Waals surface area contributed by atoms with Gasteiger partial charge in [-0.2, -0.15) is 4.72 Å². The molecule has 9 N–H and O–H groups in total. The minimum atomic E-state index is -4.44. The summed E-state index contributed by atoms with van der Waals surface area (Å²) in [5, 5.41) is 32.4. The van der Waals surface area contributed by atoms with E-state index in [1.54, 1.807) is 42.2 Å². The predicted octanol–water partition coefficient (Wildman–Crippen LogP) is 0.712. The molecule has 4 rings (SSSR count). The summed E-state index contributed by atoms with van der Waals surface area (Å²) in [6, 6.07) is 6.28. The molecule has 0 fully saturated rings. The fourth-order valence-electron chi connectivity index (χ4n) is 6.29. The van der Waals surface area contributed by atoms with Crippen LogP contribution in [-0.4, -0.2) is 108 Å². The number of H-pyrrole nitrogens is 1. The fourth-order valence-corrected chi connectivity index (χ4v) is 7.93. The number of carbonyl (C=O) groups is 5. The van der Waals surface area contributed by atoms with Crippen LogP contribution in [0.3, 0.4) is 0 Å². The number of benzene rings is 2. The number of aliphatic carboxylic acids is 1. The number of nitrogens with zero attached hydrogens (tertiary/aromatic N) is 2. The van der Waals surface area contributed by atoms with E-state index in [9.17, 15) is 42.3 Å². The number of sulfonamides is 1. The average molecular weight is 868 g/mol. The number of hydrogen-bond acceptors (Lipinski definition) is 12. The Bertz CT molecular complexity index is 2330. The zero-order chi connectivity index (χ0) is 44.5. The summed E-state index contributed by atoms with van der Waals surface area (Å²) in [6.45, 7) is 3.72. The number of carboxylic acid groups (broad SMARTS) is 1. The second kappa shape index (κ2) is 22.9. The Labute approximate surface area is 352 Å². The second-order valence-electron chi connectivity index (χ2n) is 14.2. The molecule has 0 spiro atoms. The van der Waals surface area contributed by atoms with Gasteiger partial charge in [0.15, 0.2) is 5.95 Å². The molecule has 61 heavy (non-hydrogen) atoms. The summed E-state index contributed by atoms with van der Waals surface area (Å²) in [5.41, 5.74) is 1.09. The predicted molar refractivity (Wildman–Crippen MR) is 224 cm³/mol. The van der Waals surface area contributed by atoms with Crippen molar-refractivity contribution in [2.45, 2.75) is 69.9 Å². The van der Waals surface area contributed by atoms with Gasteiger partial charge in [0, 0.05) is 89.6 Å². The van der Waals surface area contributed by atoms with Crippen molar-refractivity contribution in [1.29, 1.82) is 0 Å². The monoisotopic (exact) mass is 867 g/mol. The van der Waals surface area contributed by atoms with Crippen LogP contribution < -0.4 is 41.5 Å². The molecule has 2 aromatic heterocycles. The summed E-state index contributed by atoms with van der Waals surface area (Å²) in [7, 11) is -2.79. The molecule has 0 bridgehead atoms. The molecule has 2 heterocycles. The van der Waals surface area contributed by atoms with Crippen molar-refractivity contribution in [1.82, 2.24) is 40.5 Å². The first kappa shape index (κ1) is 47.4.